The van der Waals surface area contributed by atoms with Gasteiger partial charge in [0.15, 0.2) is 0 Å². The van der Waals surface area contributed by atoms with Crippen molar-refractivity contribution in [3.63, 3.8) is 0 Å². The highest BCUT2D eigenvalue weighted by atomic mass is 28.4. The van der Waals surface area contributed by atoms with Crippen LogP contribution in [0.25, 0.3) is 0 Å². The van der Waals surface area contributed by atoms with E-state index in [4.69, 9.17) is 0 Å². The fraction of sp³-hybridized carbons (Fsp3) is 0.600. The zero-order valence-corrected chi connectivity index (χ0v) is 9.96. The summed E-state index contributed by atoms with van der Waals surface area (Å²) in [6, 6.07) is 0. The molecule has 0 fully saturated rings. The van der Waals surface area contributed by atoms with Crippen LogP contribution in [0.1, 0.15) is 6.42 Å². The highest BCUT2D eigenvalue weighted by Crippen LogP contribution is 2.26. The first-order valence-electron chi connectivity index (χ1n) is 4.67. The minimum atomic E-state index is -2.06. The van der Waals surface area contributed by atoms with Gasteiger partial charge in [-0.1, -0.05) is 12.2 Å². The van der Waals surface area contributed by atoms with E-state index in [2.05, 4.69) is 31.1 Å². The molecule has 0 aromatic carbocycles. The Morgan fingerprint density at radius 1 is 1.46 bits per heavy atom. The van der Waals surface area contributed by atoms with Crippen molar-refractivity contribution in [1.82, 2.24) is 4.90 Å². The van der Waals surface area contributed by atoms with Gasteiger partial charge in [-0.05, 0) is 44.4 Å². The summed E-state index contributed by atoms with van der Waals surface area (Å²) in [5.74, 6) is 0. The van der Waals surface area contributed by atoms with Crippen LogP contribution in [0.3, 0.4) is 0 Å². The van der Waals surface area contributed by atoms with Gasteiger partial charge in [-0.3, -0.25) is 0 Å². The Kier molecular flexibility index (Phi) is 3.11. The van der Waals surface area contributed by atoms with E-state index in [9.17, 15) is 4.80 Å². The maximum atomic E-state index is 10.0. The van der Waals surface area contributed by atoms with Crippen LogP contribution in [0.2, 0.25) is 13.1 Å². The fourth-order valence-corrected chi connectivity index (χ4v) is 3.25. The largest absolute Gasteiger partial charge is 0.428 e. The maximum Gasteiger partial charge on any atom is 0.210 e. The van der Waals surface area contributed by atoms with Crippen molar-refractivity contribution in [1.29, 1.82) is 0 Å². The minimum absolute atomic E-state index is 0.947. The second-order valence-corrected chi connectivity index (χ2v) is 8.13. The highest BCUT2D eigenvalue weighted by Gasteiger charge is 2.27. The molecule has 1 aliphatic rings. The molecule has 1 rings (SSSR count). The van der Waals surface area contributed by atoms with Crippen LogP contribution >= 0.6 is 0 Å². The van der Waals surface area contributed by atoms with Gasteiger partial charge in [-0.2, -0.15) is 0 Å². The van der Waals surface area contributed by atoms with Crippen LogP contribution < -0.4 is 0 Å². The van der Waals surface area contributed by atoms with Gasteiger partial charge in [0.1, 0.15) is 0 Å². The van der Waals surface area contributed by atoms with Gasteiger partial charge in [-0.15, -0.1) is 0 Å². The second kappa shape index (κ2) is 3.78. The molecule has 0 unspecified atom stereocenters. The molecule has 0 saturated heterocycles. The van der Waals surface area contributed by atoms with Crippen LogP contribution in [0.4, 0.5) is 0 Å². The number of hydrogen-bond donors (Lipinski definition) is 1. The predicted molar refractivity (Wildman–Crippen MR) is 59.0 cm³/mol. The molecule has 0 saturated carbocycles. The third kappa shape index (κ3) is 2.79. The third-order valence-electron chi connectivity index (χ3n) is 2.25. The molecule has 0 amide bonds. The van der Waals surface area contributed by atoms with Crippen LogP contribution in [0, 0.1) is 0 Å². The zero-order chi connectivity index (χ0) is 10.1. The van der Waals surface area contributed by atoms with E-state index < -0.39 is 8.32 Å². The van der Waals surface area contributed by atoms with Crippen molar-refractivity contribution in [2.45, 2.75) is 19.5 Å². The van der Waals surface area contributed by atoms with E-state index in [1.807, 2.05) is 13.1 Å². The summed E-state index contributed by atoms with van der Waals surface area (Å²) in [7, 11) is 2.05. The molecule has 0 radical (unpaired) electrons. The Hall–Kier alpha value is -0.383. The summed E-state index contributed by atoms with van der Waals surface area (Å²) in [4.78, 5) is 12.2. The van der Waals surface area contributed by atoms with E-state index >= 15 is 0 Å². The maximum absolute atomic E-state index is 10.0. The molecule has 1 aliphatic carbocycles. The number of nitrogens with zero attached hydrogens (tertiary/aromatic N) is 1. The summed E-state index contributed by atoms with van der Waals surface area (Å²) in [5.41, 5.74) is 1.32. The molecule has 0 atom stereocenters. The lowest BCUT2D eigenvalue weighted by Crippen LogP contribution is -2.30. The lowest BCUT2D eigenvalue weighted by molar-refractivity contribution is 0.448. The van der Waals surface area contributed by atoms with E-state index in [-0.39, 0.29) is 0 Å². The first-order valence-corrected chi connectivity index (χ1v) is 7.62. The lowest BCUT2D eigenvalue weighted by Gasteiger charge is -2.20. The zero-order valence-electron chi connectivity index (χ0n) is 8.96. The molecule has 0 aliphatic heterocycles. The lowest BCUT2D eigenvalue weighted by atomic mass is 10.3. The molecule has 74 valence electrons. The van der Waals surface area contributed by atoms with E-state index in [1.165, 1.54) is 10.8 Å². The fourth-order valence-electron chi connectivity index (χ4n) is 1.68. The van der Waals surface area contributed by atoms with Gasteiger partial charge in [0, 0.05) is 6.54 Å². The standard InChI is InChI=1S/C10H19NOSi/c1-11(2)8-9-6-5-7-10(9)13(3,4)12/h5-6,12H,7-8H2,1-4H3. The topological polar surface area (TPSA) is 23.5 Å². The number of allylic oxidation sites excluding steroid dienone is 2. The molecule has 3 heteroatoms. The first kappa shape index (κ1) is 10.7. The van der Waals surface area contributed by atoms with Gasteiger partial charge in [0.25, 0.3) is 0 Å². The van der Waals surface area contributed by atoms with Crippen LogP contribution in [-0.4, -0.2) is 38.7 Å². The minimum Gasteiger partial charge on any atom is -0.428 e. The van der Waals surface area contributed by atoms with E-state index in [1.54, 1.807) is 0 Å². The van der Waals surface area contributed by atoms with Crippen molar-refractivity contribution < 1.29 is 4.80 Å². The summed E-state index contributed by atoms with van der Waals surface area (Å²) in [6.45, 7) is 4.93. The normalized spacial score (nSPS) is 17.7. The second-order valence-electron chi connectivity index (χ2n) is 4.41. The van der Waals surface area contributed by atoms with E-state index in [0.717, 1.165) is 13.0 Å². The van der Waals surface area contributed by atoms with Crippen molar-refractivity contribution in [3.8, 4) is 0 Å². The summed E-state index contributed by atoms with van der Waals surface area (Å²) < 4.78 is 0. The molecular formula is C10H19NOSi. The Labute approximate surface area is 81.7 Å². The molecular weight excluding hydrogens is 178 g/mol. The monoisotopic (exact) mass is 197 g/mol. The summed E-state index contributed by atoms with van der Waals surface area (Å²) in [5, 5.41) is 1.29. The molecule has 2 nitrogen and oxygen atoms in total. The van der Waals surface area contributed by atoms with Gasteiger partial charge < -0.3 is 9.70 Å². The Bertz CT molecular complexity index is 248. The number of likely N-dealkylation sites (N-methyl/N-ethyl adjacent to an activating group) is 1. The third-order valence-corrected chi connectivity index (χ3v) is 4.26. The molecule has 0 aromatic heterocycles. The van der Waals surface area contributed by atoms with E-state index in [0.29, 0.717) is 0 Å². The quantitative estimate of drug-likeness (QED) is 0.694. The van der Waals surface area contributed by atoms with Crippen LogP contribution in [0.15, 0.2) is 22.9 Å². The Balaban J connectivity index is 2.82. The smallest absolute Gasteiger partial charge is 0.210 e. The molecule has 1 N–H and O–H groups in total. The molecule has 0 spiro atoms. The van der Waals surface area contributed by atoms with Crippen LogP contribution in [0.5, 0.6) is 0 Å². The van der Waals surface area contributed by atoms with Gasteiger partial charge in [-0.25, -0.2) is 0 Å². The number of hydrogen-bond acceptors (Lipinski definition) is 2. The average molecular weight is 197 g/mol. The van der Waals surface area contributed by atoms with Gasteiger partial charge in [0.05, 0.1) is 0 Å². The van der Waals surface area contributed by atoms with Crippen LogP contribution in [-0.2, 0) is 0 Å². The molecule has 0 aromatic rings. The molecule has 13 heavy (non-hydrogen) atoms. The summed E-state index contributed by atoms with van der Waals surface area (Å²) in [6.07, 6.45) is 5.26. The van der Waals surface area contributed by atoms with Gasteiger partial charge in [0.2, 0.25) is 8.32 Å². The highest BCUT2D eigenvalue weighted by molar-refractivity contribution is 6.77. The summed E-state index contributed by atoms with van der Waals surface area (Å²) >= 11 is 0. The Morgan fingerprint density at radius 3 is 2.54 bits per heavy atom. The SMILES string of the molecule is CN(C)CC1=C([Si](C)(C)O)CC=C1. The Morgan fingerprint density at radius 2 is 2.08 bits per heavy atom. The van der Waals surface area contributed by atoms with Crippen molar-refractivity contribution in [2.75, 3.05) is 20.6 Å². The average Bonchev–Trinajstić information content (AvgIpc) is 2.31. The number of rotatable bonds is 3. The first-order chi connectivity index (χ1) is 5.91. The predicted octanol–water partition coefficient (Wildman–Crippen LogP) is 1.54. The van der Waals surface area contributed by atoms with Crippen molar-refractivity contribution in [2.24, 2.45) is 0 Å². The molecule has 0 bridgehead atoms. The van der Waals surface area contributed by atoms with Crippen molar-refractivity contribution in [3.05, 3.63) is 22.9 Å². The van der Waals surface area contributed by atoms with Gasteiger partial charge >= 0.3 is 0 Å². The van der Waals surface area contributed by atoms with Crippen molar-refractivity contribution >= 4 is 8.32 Å². The molecule has 0 heterocycles.